The summed E-state index contributed by atoms with van der Waals surface area (Å²) in [4.78, 5) is 12.1. The Balaban J connectivity index is 1.96. The summed E-state index contributed by atoms with van der Waals surface area (Å²) in [5.41, 5.74) is 2.05. The minimum atomic E-state index is -3.30. The van der Waals surface area contributed by atoms with Crippen molar-refractivity contribution in [3.05, 3.63) is 54.1 Å². The molecule has 7 heteroatoms. The summed E-state index contributed by atoms with van der Waals surface area (Å²) >= 11 is 0. The number of nitrogens with zero attached hydrogens (tertiary/aromatic N) is 1. The molecule has 0 bridgehead atoms. The average Bonchev–Trinajstić information content (AvgIpc) is 2.56. The van der Waals surface area contributed by atoms with Gasteiger partial charge in [0.2, 0.25) is 15.9 Å². The number of hydrogen-bond acceptors (Lipinski definition) is 4. The summed E-state index contributed by atoms with van der Waals surface area (Å²) in [6.45, 7) is 2.50. The highest BCUT2D eigenvalue weighted by atomic mass is 32.2. The van der Waals surface area contributed by atoms with Gasteiger partial charge in [0.15, 0.2) is 0 Å². The molecule has 0 aliphatic carbocycles. The van der Waals surface area contributed by atoms with Crippen LogP contribution < -0.4 is 14.4 Å². The molecule has 2 aromatic carbocycles. The molecule has 2 rings (SSSR count). The van der Waals surface area contributed by atoms with Gasteiger partial charge in [-0.25, -0.2) is 8.42 Å². The number of ether oxygens (including phenoxy) is 1. The molecule has 0 aromatic heterocycles. The maximum Gasteiger partial charge on any atom is 0.231 e. The highest BCUT2D eigenvalue weighted by Gasteiger charge is 2.12. The summed E-state index contributed by atoms with van der Waals surface area (Å²) < 4.78 is 29.6. The van der Waals surface area contributed by atoms with Crippen LogP contribution in [0.2, 0.25) is 0 Å². The number of amides is 1. The maximum atomic E-state index is 12.1. The van der Waals surface area contributed by atoms with Crippen LogP contribution in [0.4, 0.5) is 11.4 Å². The van der Waals surface area contributed by atoms with Crippen molar-refractivity contribution in [1.29, 1.82) is 0 Å². The predicted octanol–water partition coefficient (Wildman–Crippen LogP) is 2.66. The second kappa shape index (κ2) is 8.02. The van der Waals surface area contributed by atoms with Crippen LogP contribution in [0.25, 0.3) is 0 Å². The van der Waals surface area contributed by atoms with E-state index in [0.717, 1.165) is 17.6 Å². The topological polar surface area (TPSA) is 75.7 Å². The van der Waals surface area contributed by atoms with E-state index >= 15 is 0 Å². The summed E-state index contributed by atoms with van der Waals surface area (Å²) in [6.07, 6.45) is 1.35. The molecule has 25 heavy (non-hydrogen) atoms. The van der Waals surface area contributed by atoms with Crippen LogP contribution in [0.5, 0.6) is 5.75 Å². The lowest BCUT2D eigenvalue weighted by Gasteiger charge is -2.16. The lowest BCUT2D eigenvalue weighted by Crippen LogP contribution is -2.24. The highest BCUT2D eigenvalue weighted by molar-refractivity contribution is 7.92. The van der Waals surface area contributed by atoms with E-state index in [9.17, 15) is 13.2 Å². The summed E-state index contributed by atoms with van der Waals surface area (Å²) in [5.74, 6) is 0.611. The van der Waals surface area contributed by atoms with E-state index in [0.29, 0.717) is 18.0 Å². The lowest BCUT2D eigenvalue weighted by molar-refractivity contribution is -0.115. The first-order valence-electron chi connectivity index (χ1n) is 7.85. The average molecular weight is 362 g/mol. The second-order valence-corrected chi connectivity index (χ2v) is 7.59. The molecular weight excluding hydrogens is 340 g/mol. The first-order chi connectivity index (χ1) is 11.8. The second-order valence-electron chi connectivity index (χ2n) is 5.58. The minimum Gasteiger partial charge on any atom is -0.494 e. The fourth-order valence-corrected chi connectivity index (χ4v) is 2.71. The number of carbonyl (C=O) groups excluding carboxylic acids is 1. The quantitative estimate of drug-likeness (QED) is 0.822. The SMILES string of the molecule is CCOc1ccc(NC(=O)Cc2ccc(N(C)S(C)(=O)=O)cc2)cc1. The Hall–Kier alpha value is -2.54. The molecule has 0 spiro atoms. The zero-order valence-corrected chi connectivity index (χ0v) is 15.3. The molecule has 2 aromatic rings. The van der Waals surface area contributed by atoms with Crippen LogP contribution in [-0.2, 0) is 21.2 Å². The monoisotopic (exact) mass is 362 g/mol. The Morgan fingerprint density at radius 3 is 2.20 bits per heavy atom. The Kier molecular flexibility index (Phi) is 6.03. The Morgan fingerprint density at radius 2 is 1.68 bits per heavy atom. The van der Waals surface area contributed by atoms with E-state index in [4.69, 9.17) is 4.74 Å². The molecule has 0 heterocycles. The van der Waals surface area contributed by atoms with Gasteiger partial charge in [-0.15, -0.1) is 0 Å². The van der Waals surface area contributed by atoms with Crippen molar-refractivity contribution in [1.82, 2.24) is 0 Å². The van der Waals surface area contributed by atoms with Gasteiger partial charge in [0.05, 0.1) is 25.0 Å². The first-order valence-corrected chi connectivity index (χ1v) is 9.70. The number of nitrogens with one attached hydrogen (secondary N) is 1. The number of rotatable bonds is 7. The van der Waals surface area contributed by atoms with Gasteiger partial charge in [0.1, 0.15) is 5.75 Å². The smallest absolute Gasteiger partial charge is 0.231 e. The summed E-state index contributed by atoms with van der Waals surface area (Å²) in [6, 6.07) is 14.0. The fraction of sp³-hybridized carbons (Fsp3) is 0.278. The number of carbonyl (C=O) groups is 1. The zero-order chi connectivity index (χ0) is 18.4. The third kappa shape index (κ3) is 5.49. The Morgan fingerprint density at radius 1 is 1.08 bits per heavy atom. The van der Waals surface area contributed by atoms with Crippen molar-refractivity contribution in [2.75, 3.05) is 29.5 Å². The molecule has 1 amide bonds. The van der Waals surface area contributed by atoms with Gasteiger partial charge in [-0.3, -0.25) is 9.10 Å². The van der Waals surface area contributed by atoms with Crippen LogP contribution in [0.3, 0.4) is 0 Å². The molecule has 0 saturated heterocycles. The molecule has 1 N–H and O–H groups in total. The largest absolute Gasteiger partial charge is 0.494 e. The van der Waals surface area contributed by atoms with Crippen LogP contribution in [0.15, 0.2) is 48.5 Å². The molecule has 134 valence electrons. The van der Waals surface area contributed by atoms with Gasteiger partial charge in [0.25, 0.3) is 0 Å². The van der Waals surface area contributed by atoms with E-state index < -0.39 is 10.0 Å². The van der Waals surface area contributed by atoms with E-state index in [1.54, 1.807) is 48.5 Å². The van der Waals surface area contributed by atoms with Crippen molar-refractivity contribution in [3.63, 3.8) is 0 Å². The highest BCUT2D eigenvalue weighted by Crippen LogP contribution is 2.18. The van der Waals surface area contributed by atoms with Gasteiger partial charge in [-0.1, -0.05) is 12.1 Å². The fourth-order valence-electron chi connectivity index (χ4n) is 2.21. The number of benzene rings is 2. The molecule has 0 saturated carbocycles. The summed E-state index contributed by atoms with van der Waals surface area (Å²) in [7, 11) is -1.81. The van der Waals surface area contributed by atoms with Crippen molar-refractivity contribution < 1.29 is 17.9 Å². The predicted molar refractivity (Wildman–Crippen MR) is 99.6 cm³/mol. The van der Waals surface area contributed by atoms with E-state index in [1.165, 1.54) is 11.4 Å². The van der Waals surface area contributed by atoms with Crippen molar-refractivity contribution in [3.8, 4) is 5.75 Å². The van der Waals surface area contributed by atoms with Gasteiger partial charge in [0, 0.05) is 12.7 Å². The first kappa shape index (κ1) is 18.8. The molecule has 0 radical (unpaired) electrons. The standard InChI is InChI=1S/C18H22N2O4S/c1-4-24-17-11-7-15(8-12-17)19-18(21)13-14-5-9-16(10-6-14)20(2)25(3,22)23/h5-12H,4,13H2,1-3H3,(H,19,21). The van der Waals surface area contributed by atoms with Crippen molar-refractivity contribution in [2.45, 2.75) is 13.3 Å². The van der Waals surface area contributed by atoms with Crippen LogP contribution >= 0.6 is 0 Å². The van der Waals surface area contributed by atoms with Crippen LogP contribution in [-0.4, -0.2) is 34.2 Å². The van der Waals surface area contributed by atoms with Gasteiger partial charge in [-0.2, -0.15) is 0 Å². The van der Waals surface area contributed by atoms with Crippen LogP contribution in [0.1, 0.15) is 12.5 Å². The number of sulfonamides is 1. The molecule has 0 aliphatic heterocycles. The zero-order valence-electron chi connectivity index (χ0n) is 14.5. The van der Waals surface area contributed by atoms with Crippen LogP contribution in [0, 0.1) is 0 Å². The number of hydrogen-bond donors (Lipinski definition) is 1. The normalized spacial score (nSPS) is 11.0. The minimum absolute atomic E-state index is 0.145. The van der Waals surface area contributed by atoms with Crippen molar-refractivity contribution in [2.24, 2.45) is 0 Å². The molecule has 0 fully saturated rings. The van der Waals surface area contributed by atoms with E-state index in [2.05, 4.69) is 5.32 Å². The van der Waals surface area contributed by atoms with Gasteiger partial charge in [-0.05, 0) is 48.9 Å². The maximum absolute atomic E-state index is 12.1. The molecule has 0 unspecified atom stereocenters. The van der Waals surface area contributed by atoms with Gasteiger partial charge < -0.3 is 10.1 Å². The summed E-state index contributed by atoms with van der Waals surface area (Å²) in [5, 5.41) is 2.82. The third-order valence-electron chi connectivity index (χ3n) is 3.61. The van der Waals surface area contributed by atoms with Crippen molar-refractivity contribution >= 4 is 27.3 Å². The van der Waals surface area contributed by atoms with E-state index in [1.807, 2.05) is 6.92 Å². The van der Waals surface area contributed by atoms with E-state index in [-0.39, 0.29) is 12.3 Å². The molecular formula is C18H22N2O4S. The van der Waals surface area contributed by atoms with Gasteiger partial charge >= 0.3 is 0 Å². The molecule has 0 aliphatic rings. The molecule has 6 nitrogen and oxygen atoms in total. The lowest BCUT2D eigenvalue weighted by atomic mass is 10.1. The molecule has 0 atom stereocenters. The third-order valence-corrected chi connectivity index (χ3v) is 4.82. The Bertz CT molecular complexity index is 815. The number of anilines is 2. The Labute approximate surface area is 148 Å².